The molecule has 0 fully saturated rings. The molecule has 10 heteroatoms. The standard InChI is InChI=1S/C20H15N3O5S2/c21-12-14-3-7-16(8-4-14)22-18(24)13-28-20(25)15-5-9-17(10-6-15)23-30(26,27)19-2-1-11-29-19/h1-11,23H,13H2,(H,22,24). The van der Waals surface area contributed by atoms with Crippen LogP contribution in [0.15, 0.2) is 70.3 Å². The Bertz CT molecular complexity index is 1180. The smallest absolute Gasteiger partial charge is 0.338 e. The largest absolute Gasteiger partial charge is 0.452 e. The summed E-state index contributed by atoms with van der Waals surface area (Å²) in [5.74, 6) is -1.26. The molecule has 30 heavy (non-hydrogen) atoms. The highest BCUT2D eigenvalue weighted by Crippen LogP contribution is 2.20. The lowest BCUT2D eigenvalue weighted by Crippen LogP contribution is -2.21. The summed E-state index contributed by atoms with van der Waals surface area (Å²) < 4.78 is 31.9. The van der Waals surface area contributed by atoms with Crippen LogP contribution in [-0.4, -0.2) is 26.9 Å². The van der Waals surface area contributed by atoms with Gasteiger partial charge in [0.1, 0.15) is 4.21 Å². The molecule has 0 saturated carbocycles. The van der Waals surface area contributed by atoms with Crippen LogP contribution in [0.3, 0.4) is 0 Å². The van der Waals surface area contributed by atoms with Crippen molar-refractivity contribution in [2.24, 2.45) is 0 Å². The molecule has 1 heterocycles. The molecular formula is C20H15N3O5S2. The minimum absolute atomic E-state index is 0.167. The van der Waals surface area contributed by atoms with E-state index in [-0.39, 0.29) is 9.77 Å². The first-order valence-electron chi connectivity index (χ1n) is 8.51. The molecule has 1 aromatic heterocycles. The Labute approximate surface area is 176 Å². The number of amides is 1. The number of ether oxygens (including phenoxy) is 1. The second kappa shape index (κ2) is 9.21. The molecule has 3 aromatic rings. The van der Waals surface area contributed by atoms with Crippen LogP contribution in [-0.2, 0) is 19.6 Å². The number of thiophene rings is 1. The second-order valence-electron chi connectivity index (χ2n) is 5.93. The van der Waals surface area contributed by atoms with Crippen molar-refractivity contribution in [3.63, 3.8) is 0 Å². The number of rotatable bonds is 7. The van der Waals surface area contributed by atoms with Crippen LogP contribution >= 0.6 is 11.3 Å². The fourth-order valence-corrected chi connectivity index (χ4v) is 4.39. The summed E-state index contributed by atoms with van der Waals surface area (Å²) in [6, 6.07) is 17.0. The van der Waals surface area contributed by atoms with Gasteiger partial charge in [-0.1, -0.05) is 6.07 Å². The monoisotopic (exact) mass is 441 g/mol. The lowest BCUT2D eigenvalue weighted by Gasteiger charge is -2.08. The third-order valence-corrected chi connectivity index (χ3v) is 6.54. The minimum Gasteiger partial charge on any atom is -0.452 e. The van der Waals surface area contributed by atoms with Crippen molar-refractivity contribution >= 4 is 44.6 Å². The van der Waals surface area contributed by atoms with Gasteiger partial charge in [0.25, 0.3) is 15.9 Å². The normalized spacial score (nSPS) is 10.6. The predicted molar refractivity (Wildman–Crippen MR) is 112 cm³/mol. The molecule has 1 amide bonds. The number of carbonyl (C=O) groups excluding carboxylic acids is 2. The molecule has 0 aliphatic heterocycles. The van der Waals surface area contributed by atoms with Gasteiger partial charge in [0.05, 0.1) is 17.2 Å². The fraction of sp³-hybridized carbons (Fsp3) is 0.0500. The molecule has 8 nitrogen and oxygen atoms in total. The van der Waals surface area contributed by atoms with Crippen molar-refractivity contribution in [3.8, 4) is 6.07 Å². The summed E-state index contributed by atoms with van der Waals surface area (Å²) in [5, 5.41) is 13.0. The second-order valence-corrected chi connectivity index (χ2v) is 8.79. The molecule has 0 aliphatic rings. The zero-order chi connectivity index (χ0) is 21.6. The van der Waals surface area contributed by atoms with Gasteiger partial charge in [0.2, 0.25) is 0 Å². The van der Waals surface area contributed by atoms with Crippen molar-refractivity contribution in [2.75, 3.05) is 16.6 Å². The van der Waals surface area contributed by atoms with Gasteiger partial charge in [-0.3, -0.25) is 9.52 Å². The Morgan fingerprint density at radius 3 is 2.27 bits per heavy atom. The molecule has 0 spiro atoms. The molecule has 152 valence electrons. The maximum Gasteiger partial charge on any atom is 0.338 e. The molecule has 0 unspecified atom stereocenters. The maximum absolute atomic E-state index is 12.2. The van der Waals surface area contributed by atoms with Gasteiger partial charge in [-0.2, -0.15) is 5.26 Å². The van der Waals surface area contributed by atoms with Crippen molar-refractivity contribution < 1.29 is 22.7 Å². The average Bonchev–Trinajstić information content (AvgIpc) is 3.29. The third kappa shape index (κ3) is 5.44. The van der Waals surface area contributed by atoms with Crippen LogP contribution in [0.25, 0.3) is 0 Å². The van der Waals surface area contributed by atoms with E-state index in [1.165, 1.54) is 30.3 Å². The molecule has 2 aromatic carbocycles. The van der Waals surface area contributed by atoms with Gasteiger partial charge in [0.15, 0.2) is 6.61 Å². The fourth-order valence-electron chi connectivity index (χ4n) is 2.34. The zero-order valence-electron chi connectivity index (χ0n) is 15.4. The van der Waals surface area contributed by atoms with Crippen LogP contribution in [0, 0.1) is 11.3 Å². The zero-order valence-corrected chi connectivity index (χ0v) is 17.0. The molecular weight excluding hydrogens is 426 g/mol. The van der Waals surface area contributed by atoms with Crippen molar-refractivity contribution in [1.29, 1.82) is 5.26 Å². The van der Waals surface area contributed by atoms with Crippen molar-refractivity contribution in [2.45, 2.75) is 4.21 Å². The topological polar surface area (TPSA) is 125 Å². The molecule has 0 atom stereocenters. The summed E-state index contributed by atoms with van der Waals surface area (Å²) in [6.45, 7) is -0.494. The summed E-state index contributed by atoms with van der Waals surface area (Å²) in [7, 11) is -3.68. The van der Waals surface area contributed by atoms with Gasteiger partial charge in [0, 0.05) is 11.4 Å². The van der Waals surface area contributed by atoms with E-state index in [9.17, 15) is 18.0 Å². The van der Waals surface area contributed by atoms with Gasteiger partial charge >= 0.3 is 5.97 Å². The molecule has 0 aliphatic carbocycles. The van der Waals surface area contributed by atoms with Gasteiger partial charge in [-0.25, -0.2) is 13.2 Å². The van der Waals surface area contributed by atoms with E-state index in [4.69, 9.17) is 10.00 Å². The van der Waals surface area contributed by atoms with Gasteiger partial charge in [-0.05, 0) is 60.0 Å². The Hall–Kier alpha value is -3.68. The summed E-state index contributed by atoms with van der Waals surface area (Å²) in [5.41, 5.74) is 1.39. The van der Waals surface area contributed by atoms with Crippen LogP contribution in [0.5, 0.6) is 0 Å². The Morgan fingerprint density at radius 1 is 1.00 bits per heavy atom. The molecule has 0 bridgehead atoms. The first-order chi connectivity index (χ1) is 14.4. The first-order valence-corrected chi connectivity index (χ1v) is 10.9. The average molecular weight is 441 g/mol. The lowest BCUT2D eigenvalue weighted by atomic mass is 10.2. The first kappa shape index (κ1) is 21.0. The van der Waals surface area contributed by atoms with E-state index in [1.807, 2.05) is 6.07 Å². The number of nitrogens with zero attached hydrogens (tertiary/aromatic N) is 1. The van der Waals surface area contributed by atoms with E-state index in [2.05, 4.69) is 10.0 Å². The highest BCUT2D eigenvalue weighted by Gasteiger charge is 2.16. The van der Waals surface area contributed by atoms with Gasteiger partial charge in [-0.15, -0.1) is 11.3 Å². The number of benzene rings is 2. The van der Waals surface area contributed by atoms with Crippen molar-refractivity contribution in [1.82, 2.24) is 0 Å². The van der Waals surface area contributed by atoms with E-state index in [0.717, 1.165) is 11.3 Å². The summed E-state index contributed by atoms with van der Waals surface area (Å²) in [6.07, 6.45) is 0. The maximum atomic E-state index is 12.2. The Morgan fingerprint density at radius 2 is 1.67 bits per heavy atom. The van der Waals surface area contributed by atoms with E-state index in [1.54, 1.807) is 35.7 Å². The van der Waals surface area contributed by atoms with Gasteiger partial charge < -0.3 is 10.1 Å². The third-order valence-electron chi connectivity index (χ3n) is 3.76. The van der Waals surface area contributed by atoms with Crippen LogP contribution in [0.1, 0.15) is 15.9 Å². The van der Waals surface area contributed by atoms with E-state index >= 15 is 0 Å². The molecule has 2 N–H and O–H groups in total. The highest BCUT2D eigenvalue weighted by molar-refractivity contribution is 7.94. The molecule has 3 rings (SSSR count). The molecule has 0 saturated heterocycles. The Balaban J connectivity index is 1.53. The van der Waals surface area contributed by atoms with E-state index in [0.29, 0.717) is 16.9 Å². The number of nitrogens with one attached hydrogen (secondary N) is 2. The number of anilines is 2. The summed E-state index contributed by atoms with van der Waals surface area (Å²) in [4.78, 5) is 24.0. The lowest BCUT2D eigenvalue weighted by molar-refractivity contribution is -0.119. The number of carbonyl (C=O) groups is 2. The quantitative estimate of drug-likeness (QED) is 0.542. The summed E-state index contributed by atoms with van der Waals surface area (Å²) >= 11 is 1.09. The van der Waals surface area contributed by atoms with E-state index < -0.39 is 28.5 Å². The van der Waals surface area contributed by atoms with Crippen molar-refractivity contribution in [3.05, 3.63) is 77.2 Å². The number of hydrogen-bond acceptors (Lipinski definition) is 7. The van der Waals surface area contributed by atoms with Crippen LogP contribution < -0.4 is 10.0 Å². The highest BCUT2D eigenvalue weighted by atomic mass is 32.2. The SMILES string of the molecule is N#Cc1ccc(NC(=O)COC(=O)c2ccc(NS(=O)(=O)c3cccs3)cc2)cc1. The Kier molecular flexibility index (Phi) is 6.46. The molecule has 0 radical (unpaired) electrons. The number of nitriles is 1. The number of esters is 1. The van der Waals surface area contributed by atoms with Crippen LogP contribution in [0.4, 0.5) is 11.4 Å². The minimum atomic E-state index is -3.68. The van der Waals surface area contributed by atoms with Crippen LogP contribution in [0.2, 0.25) is 0 Å². The number of hydrogen-bond donors (Lipinski definition) is 2. The predicted octanol–water partition coefficient (Wildman–Crippen LogP) is 3.22. The number of sulfonamides is 1.